The Kier molecular flexibility index (Phi) is 4.35. The third-order valence-electron chi connectivity index (χ3n) is 3.25. The van der Waals surface area contributed by atoms with Crippen LogP contribution in [-0.2, 0) is 0 Å². The molecule has 0 spiro atoms. The molecular formula is C16H18F2N2. The summed E-state index contributed by atoms with van der Waals surface area (Å²) in [6.45, 7) is 4.11. The van der Waals surface area contributed by atoms with Crippen molar-refractivity contribution in [2.45, 2.75) is 19.9 Å². The van der Waals surface area contributed by atoms with Crippen LogP contribution in [0.2, 0.25) is 0 Å². The quantitative estimate of drug-likeness (QED) is 0.909. The monoisotopic (exact) mass is 276 g/mol. The van der Waals surface area contributed by atoms with Gasteiger partial charge in [-0.1, -0.05) is 18.2 Å². The lowest BCUT2D eigenvalue weighted by molar-refractivity contribution is 0.611. The number of nitrogens with two attached hydrogens (primary N) is 1. The Bertz CT molecular complexity index is 597. The van der Waals surface area contributed by atoms with Gasteiger partial charge in [0.15, 0.2) is 0 Å². The van der Waals surface area contributed by atoms with Gasteiger partial charge in [-0.2, -0.15) is 0 Å². The normalized spacial score (nSPS) is 12.2. The van der Waals surface area contributed by atoms with E-state index in [-0.39, 0.29) is 11.9 Å². The molecule has 2 nitrogen and oxygen atoms in total. The van der Waals surface area contributed by atoms with Crippen LogP contribution in [0.15, 0.2) is 42.5 Å². The van der Waals surface area contributed by atoms with E-state index in [4.69, 9.17) is 5.73 Å². The van der Waals surface area contributed by atoms with E-state index >= 15 is 0 Å². The average molecular weight is 276 g/mol. The molecule has 0 bridgehead atoms. The number of nitrogens with zero attached hydrogens (tertiary/aromatic N) is 1. The number of hydrogen-bond donors (Lipinski definition) is 1. The van der Waals surface area contributed by atoms with E-state index in [0.717, 1.165) is 5.56 Å². The fourth-order valence-corrected chi connectivity index (χ4v) is 2.17. The topological polar surface area (TPSA) is 29.3 Å². The van der Waals surface area contributed by atoms with Gasteiger partial charge in [0.2, 0.25) is 0 Å². The Labute approximate surface area is 117 Å². The van der Waals surface area contributed by atoms with Crippen LogP contribution in [-0.4, -0.2) is 6.54 Å². The van der Waals surface area contributed by atoms with Gasteiger partial charge < -0.3 is 10.6 Å². The number of anilines is 2. The fraction of sp³-hybridized carbons (Fsp3) is 0.250. The summed E-state index contributed by atoms with van der Waals surface area (Å²) in [6.07, 6.45) is 0. The van der Waals surface area contributed by atoms with E-state index in [2.05, 4.69) is 0 Å². The number of rotatable bonds is 4. The van der Waals surface area contributed by atoms with Gasteiger partial charge in [0, 0.05) is 12.6 Å². The zero-order valence-electron chi connectivity index (χ0n) is 11.6. The predicted octanol–water partition coefficient (Wildman–Crippen LogP) is 4.14. The fourth-order valence-electron chi connectivity index (χ4n) is 2.17. The highest BCUT2D eigenvalue weighted by molar-refractivity contribution is 5.64. The molecule has 0 aliphatic heterocycles. The largest absolute Gasteiger partial charge is 0.337 e. The second kappa shape index (κ2) is 6.01. The van der Waals surface area contributed by atoms with Crippen molar-refractivity contribution >= 4 is 11.4 Å². The van der Waals surface area contributed by atoms with Crippen LogP contribution < -0.4 is 10.6 Å². The van der Waals surface area contributed by atoms with Crippen LogP contribution in [0.1, 0.15) is 25.5 Å². The van der Waals surface area contributed by atoms with Gasteiger partial charge in [0.05, 0.1) is 11.4 Å². The summed E-state index contributed by atoms with van der Waals surface area (Å²) < 4.78 is 28.1. The molecule has 0 radical (unpaired) electrons. The highest BCUT2D eigenvalue weighted by Crippen LogP contribution is 2.30. The van der Waals surface area contributed by atoms with Gasteiger partial charge >= 0.3 is 0 Å². The molecule has 2 N–H and O–H groups in total. The van der Waals surface area contributed by atoms with E-state index in [1.165, 1.54) is 12.1 Å². The molecule has 2 aromatic rings. The molecule has 4 heteroatoms. The minimum atomic E-state index is -0.398. The maximum atomic E-state index is 14.2. The summed E-state index contributed by atoms with van der Waals surface area (Å²) >= 11 is 0. The van der Waals surface area contributed by atoms with E-state index in [0.29, 0.717) is 17.9 Å². The molecule has 1 atom stereocenters. The Morgan fingerprint density at radius 2 is 1.70 bits per heavy atom. The molecule has 0 saturated carbocycles. The Morgan fingerprint density at radius 1 is 1.05 bits per heavy atom. The Morgan fingerprint density at radius 3 is 2.25 bits per heavy atom. The van der Waals surface area contributed by atoms with Crippen LogP contribution in [0.4, 0.5) is 20.2 Å². The number of hydrogen-bond acceptors (Lipinski definition) is 2. The molecule has 0 unspecified atom stereocenters. The molecule has 2 rings (SSSR count). The first kappa shape index (κ1) is 14.5. The summed E-state index contributed by atoms with van der Waals surface area (Å²) in [5, 5.41) is 0. The van der Waals surface area contributed by atoms with Crippen molar-refractivity contribution in [2.75, 3.05) is 11.4 Å². The van der Waals surface area contributed by atoms with Gasteiger partial charge in [0.1, 0.15) is 11.6 Å². The molecule has 0 fully saturated rings. The summed E-state index contributed by atoms with van der Waals surface area (Å²) in [6, 6.07) is 10.9. The lowest BCUT2D eigenvalue weighted by Crippen LogP contribution is -2.19. The van der Waals surface area contributed by atoms with E-state index in [1.54, 1.807) is 42.2 Å². The molecule has 0 aliphatic rings. The summed E-state index contributed by atoms with van der Waals surface area (Å²) in [7, 11) is 0. The first-order chi connectivity index (χ1) is 9.54. The second-order valence-electron chi connectivity index (χ2n) is 4.70. The van der Waals surface area contributed by atoms with Gasteiger partial charge in [-0.3, -0.25) is 0 Å². The maximum absolute atomic E-state index is 14.2. The molecule has 0 aromatic heterocycles. The van der Waals surface area contributed by atoms with Gasteiger partial charge in [-0.05, 0) is 43.7 Å². The molecule has 20 heavy (non-hydrogen) atoms. The Hall–Kier alpha value is -1.94. The lowest BCUT2D eigenvalue weighted by Gasteiger charge is -2.24. The van der Waals surface area contributed by atoms with E-state index in [1.807, 2.05) is 6.92 Å². The highest BCUT2D eigenvalue weighted by Gasteiger charge is 2.16. The number of halogens is 2. The summed E-state index contributed by atoms with van der Waals surface area (Å²) in [4.78, 5) is 1.61. The first-order valence-electron chi connectivity index (χ1n) is 6.61. The molecule has 0 amide bonds. The van der Waals surface area contributed by atoms with Crippen molar-refractivity contribution in [1.29, 1.82) is 0 Å². The predicted molar refractivity (Wildman–Crippen MR) is 78.1 cm³/mol. The van der Waals surface area contributed by atoms with Crippen molar-refractivity contribution in [3.63, 3.8) is 0 Å². The van der Waals surface area contributed by atoms with Crippen LogP contribution in [0, 0.1) is 11.6 Å². The van der Waals surface area contributed by atoms with Gasteiger partial charge in [-0.25, -0.2) is 8.78 Å². The van der Waals surface area contributed by atoms with Crippen LogP contribution in [0.25, 0.3) is 0 Å². The molecule has 0 heterocycles. The Balaban J connectivity index is 2.45. The zero-order valence-corrected chi connectivity index (χ0v) is 11.6. The average Bonchev–Trinajstić information content (AvgIpc) is 2.43. The summed E-state index contributed by atoms with van der Waals surface area (Å²) in [5.74, 6) is -0.769. The number of benzene rings is 2. The molecular weight excluding hydrogens is 258 g/mol. The van der Waals surface area contributed by atoms with Crippen molar-refractivity contribution in [3.8, 4) is 0 Å². The smallest absolute Gasteiger partial charge is 0.147 e. The van der Waals surface area contributed by atoms with Gasteiger partial charge in [0.25, 0.3) is 0 Å². The minimum absolute atomic E-state index is 0.234. The van der Waals surface area contributed by atoms with E-state index in [9.17, 15) is 8.78 Å². The first-order valence-corrected chi connectivity index (χ1v) is 6.61. The molecule has 2 aromatic carbocycles. The molecule has 0 saturated heterocycles. The SMILES string of the molecule is CCN(c1ccccc1F)c1ccc([C@@H](C)N)cc1F. The van der Waals surface area contributed by atoms with Gasteiger partial charge in [-0.15, -0.1) is 0 Å². The molecule has 0 aliphatic carbocycles. The minimum Gasteiger partial charge on any atom is -0.337 e. The van der Waals surface area contributed by atoms with Crippen molar-refractivity contribution in [3.05, 3.63) is 59.7 Å². The van der Waals surface area contributed by atoms with Crippen LogP contribution in [0.5, 0.6) is 0 Å². The second-order valence-corrected chi connectivity index (χ2v) is 4.70. The maximum Gasteiger partial charge on any atom is 0.147 e. The van der Waals surface area contributed by atoms with Crippen molar-refractivity contribution < 1.29 is 8.78 Å². The highest BCUT2D eigenvalue weighted by atomic mass is 19.1. The van der Waals surface area contributed by atoms with Crippen LogP contribution in [0.3, 0.4) is 0 Å². The van der Waals surface area contributed by atoms with Crippen molar-refractivity contribution in [1.82, 2.24) is 0 Å². The third-order valence-corrected chi connectivity index (χ3v) is 3.25. The molecule has 106 valence electrons. The summed E-state index contributed by atoms with van der Waals surface area (Å²) in [5.41, 5.74) is 7.17. The van der Waals surface area contributed by atoms with Crippen LogP contribution >= 0.6 is 0 Å². The zero-order chi connectivity index (χ0) is 14.7. The number of para-hydroxylation sites is 1. The standard InChI is InChI=1S/C16H18F2N2/c1-3-20(15-7-5-4-6-13(15)17)16-9-8-12(11(2)19)10-14(16)18/h4-11H,3,19H2,1-2H3/t11-/m1/s1. The lowest BCUT2D eigenvalue weighted by atomic mass is 10.1. The third kappa shape index (κ3) is 2.80. The van der Waals surface area contributed by atoms with E-state index < -0.39 is 5.82 Å². The van der Waals surface area contributed by atoms with Crippen molar-refractivity contribution in [2.24, 2.45) is 5.73 Å².